The van der Waals surface area contributed by atoms with Crippen LogP contribution in [0.4, 0.5) is 4.79 Å². The summed E-state index contributed by atoms with van der Waals surface area (Å²) in [6.45, 7) is 5.67. The molecule has 3 rings (SSSR count). The van der Waals surface area contributed by atoms with E-state index in [1.165, 1.54) is 5.56 Å². The SMILES string of the molecule is CC(C)COC(=O)N1CCc2c(oc3cc(Br)ccc23)C1. The van der Waals surface area contributed by atoms with E-state index < -0.39 is 0 Å². The van der Waals surface area contributed by atoms with Crippen LogP contribution in [-0.4, -0.2) is 24.1 Å². The first-order chi connectivity index (χ1) is 10.0. The van der Waals surface area contributed by atoms with Gasteiger partial charge in [-0.25, -0.2) is 4.79 Å². The molecule has 1 aliphatic rings. The van der Waals surface area contributed by atoms with Crippen LogP contribution in [0.5, 0.6) is 0 Å². The number of hydrogen-bond donors (Lipinski definition) is 0. The van der Waals surface area contributed by atoms with E-state index in [2.05, 4.69) is 22.0 Å². The van der Waals surface area contributed by atoms with Crippen molar-refractivity contribution in [3.8, 4) is 0 Å². The van der Waals surface area contributed by atoms with Crippen molar-refractivity contribution in [2.24, 2.45) is 5.92 Å². The van der Waals surface area contributed by atoms with Gasteiger partial charge in [0.1, 0.15) is 11.3 Å². The number of fused-ring (bicyclic) bond motifs is 3. The number of ether oxygens (including phenoxy) is 1. The Morgan fingerprint density at radius 3 is 3.05 bits per heavy atom. The molecule has 112 valence electrons. The first-order valence-electron chi connectivity index (χ1n) is 7.16. The zero-order chi connectivity index (χ0) is 15.0. The lowest BCUT2D eigenvalue weighted by Gasteiger charge is -2.25. The van der Waals surface area contributed by atoms with Crippen LogP contribution in [0.25, 0.3) is 11.0 Å². The van der Waals surface area contributed by atoms with E-state index in [1.807, 2.05) is 26.0 Å². The molecule has 0 radical (unpaired) electrons. The highest BCUT2D eigenvalue weighted by atomic mass is 79.9. The monoisotopic (exact) mass is 351 g/mol. The van der Waals surface area contributed by atoms with Gasteiger partial charge in [-0.2, -0.15) is 0 Å². The average Bonchev–Trinajstić information content (AvgIpc) is 2.80. The van der Waals surface area contributed by atoms with Crippen LogP contribution >= 0.6 is 15.9 Å². The second-order valence-corrected chi connectivity index (χ2v) is 6.70. The predicted molar refractivity (Wildman–Crippen MR) is 84.2 cm³/mol. The number of rotatable bonds is 2. The van der Waals surface area contributed by atoms with Gasteiger partial charge in [-0.05, 0) is 30.5 Å². The number of amides is 1. The second kappa shape index (κ2) is 5.72. The standard InChI is InChI=1S/C16H18BrNO3/c1-10(2)9-20-16(19)18-6-5-13-12-4-3-11(17)7-14(12)21-15(13)8-18/h3-4,7,10H,5-6,8-9H2,1-2H3. The van der Waals surface area contributed by atoms with Gasteiger partial charge in [-0.15, -0.1) is 0 Å². The Kier molecular flexibility index (Phi) is 3.93. The molecule has 0 aliphatic carbocycles. The molecule has 0 atom stereocenters. The molecule has 0 bridgehead atoms. The molecule has 1 amide bonds. The Balaban J connectivity index is 1.79. The van der Waals surface area contributed by atoms with E-state index in [-0.39, 0.29) is 6.09 Å². The number of hydrogen-bond acceptors (Lipinski definition) is 3. The fraction of sp³-hybridized carbons (Fsp3) is 0.438. The van der Waals surface area contributed by atoms with E-state index in [4.69, 9.17) is 9.15 Å². The normalized spacial score (nSPS) is 14.6. The third kappa shape index (κ3) is 2.93. The van der Waals surface area contributed by atoms with Crippen LogP contribution in [-0.2, 0) is 17.7 Å². The van der Waals surface area contributed by atoms with Gasteiger partial charge in [0.05, 0.1) is 13.2 Å². The number of carbonyl (C=O) groups is 1. The number of carbonyl (C=O) groups excluding carboxylic acids is 1. The van der Waals surface area contributed by atoms with Gasteiger partial charge in [-0.3, -0.25) is 0 Å². The Morgan fingerprint density at radius 1 is 1.48 bits per heavy atom. The van der Waals surface area contributed by atoms with Crippen molar-refractivity contribution in [3.63, 3.8) is 0 Å². The van der Waals surface area contributed by atoms with Crippen LogP contribution in [0.2, 0.25) is 0 Å². The predicted octanol–water partition coefficient (Wildman–Crippen LogP) is 4.35. The van der Waals surface area contributed by atoms with Gasteiger partial charge in [0, 0.05) is 22.0 Å². The van der Waals surface area contributed by atoms with Crippen LogP contribution in [0.15, 0.2) is 27.1 Å². The highest BCUT2D eigenvalue weighted by Crippen LogP contribution is 2.32. The van der Waals surface area contributed by atoms with Crippen molar-refractivity contribution in [2.75, 3.05) is 13.2 Å². The summed E-state index contributed by atoms with van der Waals surface area (Å²) < 4.78 is 12.2. The van der Waals surface area contributed by atoms with Crippen LogP contribution in [0.3, 0.4) is 0 Å². The number of furan rings is 1. The van der Waals surface area contributed by atoms with Crippen molar-refractivity contribution in [2.45, 2.75) is 26.8 Å². The molecule has 0 N–H and O–H groups in total. The number of halogens is 1. The molecule has 1 aromatic heterocycles. The molecule has 1 aromatic carbocycles. The third-order valence-electron chi connectivity index (χ3n) is 3.60. The summed E-state index contributed by atoms with van der Waals surface area (Å²) in [6.07, 6.45) is 0.553. The van der Waals surface area contributed by atoms with Crippen molar-refractivity contribution < 1.29 is 13.9 Å². The first kappa shape index (κ1) is 14.4. The van der Waals surface area contributed by atoms with Crippen molar-refractivity contribution >= 4 is 33.0 Å². The van der Waals surface area contributed by atoms with Gasteiger partial charge in [-0.1, -0.05) is 29.8 Å². The fourth-order valence-corrected chi connectivity index (χ4v) is 2.90. The van der Waals surface area contributed by atoms with E-state index in [0.717, 1.165) is 27.6 Å². The topological polar surface area (TPSA) is 42.7 Å². The molecule has 5 heteroatoms. The minimum Gasteiger partial charge on any atom is -0.459 e. The Bertz CT molecular complexity index is 677. The summed E-state index contributed by atoms with van der Waals surface area (Å²) in [5.41, 5.74) is 2.08. The second-order valence-electron chi connectivity index (χ2n) is 5.79. The lowest BCUT2D eigenvalue weighted by Crippen LogP contribution is -2.36. The summed E-state index contributed by atoms with van der Waals surface area (Å²) in [7, 11) is 0. The quantitative estimate of drug-likeness (QED) is 0.807. The maximum atomic E-state index is 12.0. The molecular formula is C16H18BrNO3. The van der Waals surface area contributed by atoms with E-state index >= 15 is 0 Å². The molecular weight excluding hydrogens is 334 g/mol. The van der Waals surface area contributed by atoms with Gasteiger partial charge >= 0.3 is 6.09 Å². The Hall–Kier alpha value is -1.49. The van der Waals surface area contributed by atoms with Gasteiger partial charge in [0.2, 0.25) is 0 Å². The summed E-state index contributed by atoms with van der Waals surface area (Å²) in [5.74, 6) is 1.22. The van der Waals surface area contributed by atoms with Crippen molar-refractivity contribution in [1.29, 1.82) is 0 Å². The number of benzene rings is 1. The Morgan fingerprint density at radius 2 is 2.29 bits per heavy atom. The molecule has 0 saturated heterocycles. The summed E-state index contributed by atoms with van der Waals surface area (Å²) >= 11 is 3.45. The molecule has 2 aromatic rings. The smallest absolute Gasteiger partial charge is 0.410 e. The van der Waals surface area contributed by atoms with Gasteiger partial charge < -0.3 is 14.1 Å². The number of nitrogens with zero attached hydrogens (tertiary/aromatic N) is 1. The highest BCUT2D eigenvalue weighted by molar-refractivity contribution is 9.10. The van der Waals surface area contributed by atoms with Gasteiger partial charge in [0.15, 0.2) is 0 Å². The molecule has 0 fully saturated rings. The molecule has 21 heavy (non-hydrogen) atoms. The molecule has 0 unspecified atom stereocenters. The molecule has 0 saturated carbocycles. The van der Waals surface area contributed by atoms with E-state index in [9.17, 15) is 4.79 Å². The molecule has 4 nitrogen and oxygen atoms in total. The van der Waals surface area contributed by atoms with Crippen molar-refractivity contribution in [1.82, 2.24) is 4.90 Å². The highest BCUT2D eigenvalue weighted by Gasteiger charge is 2.26. The van der Waals surface area contributed by atoms with Crippen LogP contribution in [0.1, 0.15) is 25.2 Å². The molecule has 2 heterocycles. The Labute approximate surface area is 132 Å². The lowest BCUT2D eigenvalue weighted by molar-refractivity contribution is 0.0852. The largest absolute Gasteiger partial charge is 0.459 e. The molecule has 0 spiro atoms. The summed E-state index contributed by atoms with van der Waals surface area (Å²) in [6, 6.07) is 6.05. The minimum atomic E-state index is -0.254. The molecule has 1 aliphatic heterocycles. The van der Waals surface area contributed by atoms with E-state index in [0.29, 0.717) is 25.6 Å². The first-order valence-corrected chi connectivity index (χ1v) is 7.95. The summed E-state index contributed by atoms with van der Waals surface area (Å²) in [4.78, 5) is 13.7. The fourth-order valence-electron chi connectivity index (χ4n) is 2.56. The maximum Gasteiger partial charge on any atom is 0.410 e. The minimum absolute atomic E-state index is 0.254. The maximum absolute atomic E-state index is 12.0. The van der Waals surface area contributed by atoms with Crippen LogP contribution in [0, 0.1) is 5.92 Å². The van der Waals surface area contributed by atoms with Crippen LogP contribution < -0.4 is 0 Å². The zero-order valence-electron chi connectivity index (χ0n) is 12.2. The third-order valence-corrected chi connectivity index (χ3v) is 4.10. The van der Waals surface area contributed by atoms with E-state index in [1.54, 1.807) is 4.90 Å². The van der Waals surface area contributed by atoms with Gasteiger partial charge in [0.25, 0.3) is 0 Å². The average molecular weight is 352 g/mol. The summed E-state index contributed by atoms with van der Waals surface area (Å²) in [5, 5.41) is 1.14. The zero-order valence-corrected chi connectivity index (χ0v) is 13.8. The lowest BCUT2D eigenvalue weighted by atomic mass is 10.0. The van der Waals surface area contributed by atoms with Crippen molar-refractivity contribution in [3.05, 3.63) is 34.0 Å².